The Balaban J connectivity index is 1.90. The largest absolute Gasteiger partial charge is 0.450 e. The van der Waals surface area contributed by atoms with Crippen LogP contribution in [0.15, 0.2) is 0 Å². The standard InChI is InChI=1S/C22H39N3O4/c1-5-15(3)19(24-20(26)18-10-8-7-9-16(18)4)21(27)23-17-11-13-25(14-12-17)22(28)29-6-2/h15-19H,5-14H2,1-4H3,(H,23,27)(H,24,26). The highest BCUT2D eigenvalue weighted by atomic mass is 16.6. The fourth-order valence-electron chi connectivity index (χ4n) is 4.38. The van der Waals surface area contributed by atoms with Gasteiger partial charge in [-0.15, -0.1) is 0 Å². The Labute approximate surface area is 175 Å². The number of nitrogens with zero attached hydrogens (tertiary/aromatic N) is 1. The maximum absolute atomic E-state index is 13.0. The van der Waals surface area contributed by atoms with E-state index in [9.17, 15) is 14.4 Å². The van der Waals surface area contributed by atoms with Crippen molar-refractivity contribution in [3.8, 4) is 0 Å². The van der Waals surface area contributed by atoms with Crippen LogP contribution in [0.3, 0.4) is 0 Å². The first kappa shape index (κ1) is 23.5. The summed E-state index contributed by atoms with van der Waals surface area (Å²) >= 11 is 0. The molecule has 2 aliphatic rings. The molecule has 1 saturated heterocycles. The maximum atomic E-state index is 13.0. The molecule has 2 fully saturated rings. The molecule has 29 heavy (non-hydrogen) atoms. The van der Waals surface area contributed by atoms with Crippen molar-refractivity contribution >= 4 is 17.9 Å². The molecule has 1 aliphatic heterocycles. The van der Waals surface area contributed by atoms with Crippen LogP contribution in [0.5, 0.6) is 0 Å². The number of nitrogens with one attached hydrogen (secondary N) is 2. The van der Waals surface area contributed by atoms with Crippen molar-refractivity contribution in [3.63, 3.8) is 0 Å². The van der Waals surface area contributed by atoms with Crippen molar-refractivity contribution in [1.29, 1.82) is 0 Å². The number of hydrogen-bond donors (Lipinski definition) is 2. The van der Waals surface area contributed by atoms with Crippen LogP contribution in [-0.2, 0) is 14.3 Å². The third-order valence-electron chi connectivity index (χ3n) is 6.61. The summed E-state index contributed by atoms with van der Waals surface area (Å²) in [6, 6.07) is -0.491. The van der Waals surface area contributed by atoms with Crippen LogP contribution >= 0.6 is 0 Å². The molecule has 166 valence electrons. The second-order valence-electron chi connectivity index (χ2n) is 8.71. The topological polar surface area (TPSA) is 87.7 Å². The van der Waals surface area contributed by atoms with Crippen molar-refractivity contribution in [3.05, 3.63) is 0 Å². The average Bonchev–Trinajstić information content (AvgIpc) is 2.72. The molecule has 4 atom stereocenters. The first-order valence-corrected chi connectivity index (χ1v) is 11.4. The van der Waals surface area contributed by atoms with Gasteiger partial charge in [-0.2, -0.15) is 0 Å². The molecule has 0 aromatic rings. The van der Waals surface area contributed by atoms with Gasteiger partial charge in [0.15, 0.2) is 0 Å². The average molecular weight is 410 g/mol. The van der Waals surface area contributed by atoms with Crippen LogP contribution in [0, 0.1) is 17.8 Å². The Kier molecular flexibility index (Phi) is 9.24. The number of piperidine rings is 1. The molecule has 7 nitrogen and oxygen atoms in total. The van der Waals surface area contributed by atoms with Gasteiger partial charge >= 0.3 is 6.09 Å². The Morgan fingerprint density at radius 3 is 2.31 bits per heavy atom. The van der Waals surface area contributed by atoms with Crippen LogP contribution in [-0.4, -0.2) is 54.6 Å². The third kappa shape index (κ3) is 6.61. The van der Waals surface area contributed by atoms with Gasteiger partial charge in [-0.1, -0.05) is 40.0 Å². The van der Waals surface area contributed by atoms with E-state index in [1.54, 1.807) is 11.8 Å². The molecular weight excluding hydrogens is 370 g/mol. The van der Waals surface area contributed by atoms with Crippen molar-refractivity contribution in [1.82, 2.24) is 15.5 Å². The minimum Gasteiger partial charge on any atom is -0.450 e. The second kappa shape index (κ2) is 11.4. The van der Waals surface area contributed by atoms with E-state index in [4.69, 9.17) is 4.74 Å². The molecule has 1 aliphatic carbocycles. The Morgan fingerprint density at radius 2 is 1.72 bits per heavy atom. The highest BCUT2D eigenvalue weighted by molar-refractivity contribution is 5.89. The molecule has 0 aromatic carbocycles. The number of likely N-dealkylation sites (tertiary alicyclic amines) is 1. The number of amides is 3. The quantitative estimate of drug-likeness (QED) is 0.676. The maximum Gasteiger partial charge on any atom is 0.409 e. The minimum atomic E-state index is -0.510. The van der Waals surface area contributed by atoms with Crippen LogP contribution in [0.1, 0.15) is 72.6 Å². The summed E-state index contributed by atoms with van der Waals surface area (Å²) in [4.78, 5) is 39.4. The number of hydrogen-bond acceptors (Lipinski definition) is 4. The molecule has 0 radical (unpaired) electrons. The lowest BCUT2D eigenvalue weighted by Crippen LogP contribution is -2.55. The van der Waals surface area contributed by atoms with Crippen LogP contribution in [0.25, 0.3) is 0 Å². The molecule has 0 bridgehead atoms. The van der Waals surface area contributed by atoms with Gasteiger partial charge in [-0.25, -0.2) is 4.79 Å². The number of carbonyl (C=O) groups is 3. The van der Waals surface area contributed by atoms with Gasteiger partial charge in [-0.05, 0) is 44.4 Å². The zero-order chi connectivity index (χ0) is 21.4. The molecular formula is C22H39N3O4. The van der Waals surface area contributed by atoms with Crippen molar-refractivity contribution in [2.45, 2.75) is 84.7 Å². The summed E-state index contributed by atoms with van der Waals surface area (Å²) in [7, 11) is 0. The number of ether oxygens (including phenoxy) is 1. The van der Waals surface area contributed by atoms with E-state index >= 15 is 0 Å². The first-order valence-electron chi connectivity index (χ1n) is 11.4. The lowest BCUT2D eigenvalue weighted by atomic mass is 9.79. The van der Waals surface area contributed by atoms with E-state index < -0.39 is 6.04 Å². The molecule has 7 heteroatoms. The SMILES string of the molecule is CCOC(=O)N1CCC(NC(=O)C(NC(=O)C2CCCCC2C)C(C)CC)CC1. The van der Waals surface area contributed by atoms with Crippen LogP contribution in [0.2, 0.25) is 0 Å². The summed E-state index contributed by atoms with van der Waals surface area (Å²) in [6.07, 6.45) is 6.19. The highest BCUT2D eigenvalue weighted by Gasteiger charge is 2.34. The van der Waals surface area contributed by atoms with Crippen LogP contribution in [0.4, 0.5) is 4.79 Å². The van der Waals surface area contributed by atoms with E-state index in [1.807, 2.05) is 13.8 Å². The van der Waals surface area contributed by atoms with Gasteiger partial charge in [0.05, 0.1) is 6.61 Å². The number of carbonyl (C=O) groups excluding carboxylic acids is 3. The zero-order valence-electron chi connectivity index (χ0n) is 18.5. The Bertz CT molecular complexity index is 560. The van der Waals surface area contributed by atoms with Gasteiger partial charge in [0.25, 0.3) is 0 Å². The summed E-state index contributed by atoms with van der Waals surface area (Å²) < 4.78 is 5.04. The van der Waals surface area contributed by atoms with E-state index in [2.05, 4.69) is 17.6 Å². The lowest BCUT2D eigenvalue weighted by Gasteiger charge is -2.34. The Hall–Kier alpha value is -1.79. The summed E-state index contributed by atoms with van der Waals surface area (Å²) in [5.41, 5.74) is 0. The van der Waals surface area contributed by atoms with Gasteiger partial charge in [0.2, 0.25) is 11.8 Å². The summed E-state index contributed by atoms with van der Waals surface area (Å²) in [6.45, 7) is 9.50. The molecule has 4 unspecified atom stereocenters. The first-order chi connectivity index (χ1) is 13.9. The second-order valence-corrected chi connectivity index (χ2v) is 8.71. The monoisotopic (exact) mass is 409 g/mol. The third-order valence-corrected chi connectivity index (χ3v) is 6.61. The van der Waals surface area contributed by atoms with Gasteiger partial charge in [-0.3, -0.25) is 9.59 Å². The molecule has 0 aromatic heterocycles. The van der Waals surface area contributed by atoms with Crippen molar-refractivity contribution < 1.29 is 19.1 Å². The van der Waals surface area contributed by atoms with Crippen molar-refractivity contribution in [2.24, 2.45) is 17.8 Å². The van der Waals surface area contributed by atoms with E-state index in [-0.39, 0.29) is 35.8 Å². The summed E-state index contributed by atoms with van der Waals surface area (Å²) in [5, 5.41) is 6.18. The minimum absolute atomic E-state index is 0.0101. The number of rotatable bonds is 7. The lowest BCUT2D eigenvalue weighted by molar-refractivity contribution is -0.134. The molecule has 1 heterocycles. The van der Waals surface area contributed by atoms with Crippen LogP contribution < -0.4 is 10.6 Å². The summed E-state index contributed by atoms with van der Waals surface area (Å²) in [5.74, 6) is 0.366. The molecule has 3 amide bonds. The highest BCUT2D eigenvalue weighted by Crippen LogP contribution is 2.30. The Morgan fingerprint density at radius 1 is 1.07 bits per heavy atom. The predicted octanol–water partition coefficient (Wildman–Crippen LogP) is 3.08. The smallest absolute Gasteiger partial charge is 0.409 e. The fraction of sp³-hybridized carbons (Fsp3) is 0.864. The molecule has 0 spiro atoms. The van der Waals surface area contributed by atoms with E-state index in [0.29, 0.717) is 38.5 Å². The normalized spacial score (nSPS) is 25.0. The molecule has 1 saturated carbocycles. The van der Waals surface area contributed by atoms with Gasteiger partial charge < -0.3 is 20.3 Å². The van der Waals surface area contributed by atoms with Gasteiger partial charge in [0, 0.05) is 25.0 Å². The molecule has 2 N–H and O–H groups in total. The van der Waals surface area contributed by atoms with E-state index in [1.165, 1.54) is 6.42 Å². The fourth-order valence-corrected chi connectivity index (χ4v) is 4.38. The van der Waals surface area contributed by atoms with Crippen molar-refractivity contribution in [2.75, 3.05) is 19.7 Å². The van der Waals surface area contributed by atoms with E-state index in [0.717, 1.165) is 25.7 Å². The predicted molar refractivity (Wildman–Crippen MR) is 112 cm³/mol. The molecule has 2 rings (SSSR count). The zero-order valence-corrected chi connectivity index (χ0v) is 18.5. The van der Waals surface area contributed by atoms with Gasteiger partial charge in [0.1, 0.15) is 6.04 Å².